The predicted molar refractivity (Wildman–Crippen MR) is 94.0 cm³/mol. The summed E-state index contributed by atoms with van der Waals surface area (Å²) in [5, 5.41) is 2.86. The van der Waals surface area contributed by atoms with Gasteiger partial charge in [0.05, 0.1) is 0 Å². The number of urea groups is 1. The molecule has 0 bridgehead atoms. The summed E-state index contributed by atoms with van der Waals surface area (Å²) in [5.41, 5.74) is -0.705. The zero-order valence-electron chi connectivity index (χ0n) is 15.3. The molecule has 1 saturated carbocycles. The van der Waals surface area contributed by atoms with Crippen LogP contribution >= 0.6 is 0 Å². The molecule has 3 fully saturated rings. The third kappa shape index (κ3) is 3.66. The summed E-state index contributed by atoms with van der Waals surface area (Å²) >= 11 is 0. The van der Waals surface area contributed by atoms with E-state index in [9.17, 15) is 14.4 Å². The monoisotopic (exact) mass is 350 g/mol. The zero-order valence-corrected chi connectivity index (χ0v) is 15.3. The fraction of sp³-hybridized carbons (Fsp3) is 0.833. The third-order valence-corrected chi connectivity index (χ3v) is 5.98. The van der Waals surface area contributed by atoms with E-state index >= 15 is 0 Å². The van der Waals surface area contributed by atoms with Crippen LogP contribution in [0.1, 0.15) is 51.4 Å². The molecule has 0 atom stereocenters. The van der Waals surface area contributed by atoms with E-state index in [0.717, 1.165) is 43.8 Å². The number of amides is 4. The first-order valence-electron chi connectivity index (χ1n) is 9.63. The number of nitrogens with zero attached hydrogens (tertiary/aromatic N) is 3. The van der Waals surface area contributed by atoms with Crippen molar-refractivity contribution in [2.45, 2.75) is 56.9 Å². The smallest absolute Gasteiger partial charge is 0.327 e. The number of likely N-dealkylation sites (N-methyl/N-ethyl adjacent to an activating group) is 1. The Morgan fingerprint density at radius 3 is 2.36 bits per heavy atom. The molecule has 2 aliphatic heterocycles. The number of likely N-dealkylation sites (tertiary alicyclic amines) is 1. The topological polar surface area (TPSA) is 73.0 Å². The molecule has 7 heteroatoms. The van der Waals surface area contributed by atoms with E-state index in [0.29, 0.717) is 19.4 Å². The maximum Gasteiger partial charge on any atom is 0.327 e. The van der Waals surface area contributed by atoms with Crippen LogP contribution < -0.4 is 5.32 Å². The van der Waals surface area contributed by atoms with E-state index in [1.807, 2.05) is 0 Å². The number of hydrogen-bond donors (Lipinski definition) is 1. The quantitative estimate of drug-likeness (QED) is 0.756. The Labute approximate surface area is 149 Å². The molecule has 2 saturated heterocycles. The van der Waals surface area contributed by atoms with Crippen LogP contribution in [0.2, 0.25) is 0 Å². The number of carbonyl (C=O) groups is 3. The highest BCUT2D eigenvalue weighted by atomic mass is 16.2. The van der Waals surface area contributed by atoms with Gasteiger partial charge in [0.25, 0.3) is 5.91 Å². The molecule has 1 aliphatic carbocycles. The lowest BCUT2D eigenvalue weighted by Gasteiger charge is -2.35. The highest BCUT2D eigenvalue weighted by Crippen LogP contribution is 2.39. The second kappa shape index (κ2) is 7.72. The van der Waals surface area contributed by atoms with Gasteiger partial charge in [-0.1, -0.05) is 25.7 Å². The molecular weight excluding hydrogens is 320 g/mol. The Kier molecular flexibility index (Phi) is 5.61. The first kappa shape index (κ1) is 18.2. The second-order valence-corrected chi connectivity index (χ2v) is 7.58. The molecule has 3 rings (SSSR count). The molecule has 0 aromatic heterocycles. The summed E-state index contributed by atoms with van der Waals surface area (Å²) in [7, 11) is 1.69. The highest BCUT2D eigenvalue weighted by Gasteiger charge is 2.55. The van der Waals surface area contributed by atoms with Crippen molar-refractivity contribution in [3.63, 3.8) is 0 Å². The SMILES string of the molecule is CN1C(=O)N(CC(=O)NCCN2CCCCC2)C(=O)C12CCCCC2. The normalized spacial score (nSPS) is 24.2. The van der Waals surface area contributed by atoms with Crippen molar-refractivity contribution in [2.75, 3.05) is 39.8 Å². The number of rotatable bonds is 5. The maximum atomic E-state index is 12.8. The molecule has 0 aromatic carbocycles. The summed E-state index contributed by atoms with van der Waals surface area (Å²) < 4.78 is 0. The fourth-order valence-corrected chi connectivity index (χ4v) is 4.41. The number of piperidine rings is 1. The van der Waals surface area contributed by atoms with E-state index < -0.39 is 5.54 Å². The Bertz CT molecular complexity index is 524. The summed E-state index contributed by atoms with van der Waals surface area (Å²) in [5.74, 6) is -0.439. The van der Waals surface area contributed by atoms with Crippen molar-refractivity contribution in [2.24, 2.45) is 0 Å². The maximum absolute atomic E-state index is 12.8. The number of nitrogens with one attached hydrogen (secondary N) is 1. The average Bonchev–Trinajstić information content (AvgIpc) is 2.80. The lowest BCUT2D eigenvalue weighted by atomic mass is 9.81. The highest BCUT2D eigenvalue weighted by molar-refractivity contribution is 6.08. The first-order valence-corrected chi connectivity index (χ1v) is 9.63. The molecule has 0 aromatic rings. The molecule has 140 valence electrons. The van der Waals surface area contributed by atoms with Crippen molar-refractivity contribution in [1.29, 1.82) is 0 Å². The van der Waals surface area contributed by atoms with Gasteiger partial charge in [0.15, 0.2) is 0 Å². The third-order valence-electron chi connectivity index (χ3n) is 5.98. The van der Waals surface area contributed by atoms with Crippen LogP contribution in [0.25, 0.3) is 0 Å². The number of imide groups is 1. The van der Waals surface area contributed by atoms with Crippen molar-refractivity contribution < 1.29 is 14.4 Å². The van der Waals surface area contributed by atoms with E-state index in [1.54, 1.807) is 11.9 Å². The van der Waals surface area contributed by atoms with Gasteiger partial charge in [-0.2, -0.15) is 0 Å². The molecule has 4 amide bonds. The van der Waals surface area contributed by atoms with Crippen molar-refractivity contribution in [3.05, 3.63) is 0 Å². The second-order valence-electron chi connectivity index (χ2n) is 7.58. The van der Waals surface area contributed by atoms with Crippen LogP contribution in [-0.4, -0.2) is 77.9 Å². The van der Waals surface area contributed by atoms with Gasteiger partial charge in [0, 0.05) is 20.1 Å². The van der Waals surface area contributed by atoms with Gasteiger partial charge >= 0.3 is 6.03 Å². The van der Waals surface area contributed by atoms with Crippen molar-refractivity contribution in [1.82, 2.24) is 20.0 Å². The van der Waals surface area contributed by atoms with Crippen molar-refractivity contribution >= 4 is 17.8 Å². The zero-order chi connectivity index (χ0) is 17.9. The standard InChI is InChI=1S/C18H30N4O3/c1-20-17(25)22(16(24)18(20)8-4-2-5-9-18)14-15(23)19-10-13-21-11-6-3-7-12-21/h2-14H2,1H3,(H,19,23). The molecule has 3 aliphatic rings. The largest absolute Gasteiger partial charge is 0.353 e. The fourth-order valence-electron chi connectivity index (χ4n) is 4.41. The van der Waals surface area contributed by atoms with Crippen LogP contribution in [0.15, 0.2) is 0 Å². The summed E-state index contributed by atoms with van der Waals surface area (Å²) in [6, 6.07) is -0.335. The molecular formula is C18H30N4O3. The van der Waals surface area contributed by atoms with Gasteiger partial charge in [-0.25, -0.2) is 4.79 Å². The van der Waals surface area contributed by atoms with Crippen LogP contribution in [0.4, 0.5) is 4.79 Å². The summed E-state index contributed by atoms with van der Waals surface area (Å²) in [4.78, 5) is 42.6. The summed E-state index contributed by atoms with van der Waals surface area (Å²) in [6.07, 6.45) is 8.17. The minimum atomic E-state index is -0.705. The number of carbonyl (C=O) groups excluding carboxylic acids is 3. The molecule has 2 heterocycles. The van der Waals surface area contributed by atoms with E-state index in [4.69, 9.17) is 0 Å². The first-order chi connectivity index (χ1) is 12.0. The lowest BCUT2D eigenvalue weighted by molar-refractivity contribution is -0.137. The van der Waals surface area contributed by atoms with E-state index in [2.05, 4.69) is 10.2 Å². The van der Waals surface area contributed by atoms with Gasteiger partial charge in [-0.3, -0.25) is 14.5 Å². The lowest BCUT2D eigenvalue weighted by Crippen LogP contribution is -2.49. The molecule has 7 nitrogen and oxygen atoms in total. The number of hydrogen-bond acceptors (Lipinski definition) is 4. The van der Waals surface area contributed by atoms with Crippen molar-refractivity contribution in [3.8, 4) is 0 Å². The Morgan fingerprint density at radius 1 is 1.04 bits per heavy atom. The van der Waals surface area contributed by atoms with Gasteiger partial charge < -0.3 is 15.1 Å². The minimum absolute atomic E-state index is 0.163. The van der Waals surface area contributed by atoms with Gasteiger partial charge in [0.2, 0.25) is 5.91 Å². The Morgan fingerprint density at radius 2 is 1.68 bits per heavy atom. The van der Waals surface area contributed by atoms with E-state index in [1.165, 1.54) is 19.3 Å². The Balaban J connectivity index is 1.50. The minimum Gasteiger partial charge on any atom is -0.353 e. The Hall–Kier alpha value is -1.63. The van der Waals surface area contributed by atoms with Crippen LogP contribution in [-0.2, 0) is 9.59 Å². The van der Waals surface area contributed by atoms with Gasteiger partial charge in [-0.15, -0.1) is 0 Å². The van der Waals surface area contributed by atoms with Crippen LogP contribution in [0.5, 0.6) is 0 Å². The van der Waals surface area contributed by atoms with Gasteiger partial charge in [0.1, 0.15) is 12.1 Å². The van der Waals surface area contributed by atoms with Crippen LogP contribution in [0.3, 0.4) is 0 Å². The predicted octanol–water partition coefficient (Wildman–Crippen LogP) is 1.19. The van der Waals surface area contributed by atoms with E-state index in [-0.39, 0.29) is 24.4 Å². The molecule has 1 N–H and O–H groups in total. The molecule has 25 heavy (non-hydrogen) atoms. The molecule has 0 radical (unpaired) electrons. The summed E-state index contributed by atoms with van der Waals surface area (Å²) in [6.45, 7) is 3.41. The average molecular weight is 350 g/mol. The molecule has 1 spiro atoms. The molecule has 0 unspecified atom stereocenters. The van der Waals surface area contributed by atoms with Gasteiger partial charge in [-0.05, 0) is 38.8 Å². The van der Waals surface area contributed by atoms with Crippen LogP contribution in [0, 0.1) is 0 Å².